The highest BCUT2D eigenvalue weighted by Crippen LogP contribution is 2.49. The molecule has 0 radical (unpaired) electrons. The van der Waals surface area contributed by atoms with Crippen LogP contribution in [-0.4, -0.2) is 17.6 Å². The monoisotopic (exact) mass is 409 g/mol. The number of para-hydroxylation sites is 4. The molecule has 0 saturated heterocycles. The first-order valence-corrected chi connectivity index (χ1v) is 10.7. The first-order chi connectivity index (χ1) is 15.0. The van der Waals surface area contributed by atoms with Crippen LogP contribution in [0.4, 0.5) is 22.9 Å². The van der Waals surface area contributed by atoms with Crippen LogP contribution >= 0.6 is 0 Å². The van der Waals surface area contributed by atoms with Gasteiger partial charge >= 0.3 is 0 Å². The second-order valence-electron chi connectivity index (χ2n) is 8.94. The summed E-state index contributed by atoms with van der Waals surface area (Å²) in [5, 5.41) is 4.88. The molecule has 3 aromatic carbocycles. The molecule has 4 nitrogen and oxygen atoms in total. The molecule has 0 fully saturated rings. The molecule has 0 atom stereocenters. The van der Waals surface area contributed by atoms with E-state index in [2.05, 4.69) is 91.7 Å². The van der Waals surface area contributed by atoms with Crippen LogP contribution in [0, 0.1) is 0 Å². The van der Waals surface area contributed by atoms with E-state index in [1.54, 1.807) is 7.11 Å². The second-order valence-corrected chi connectivity index (χ2v) is 8.94. The summed E-state index contributed by atoms with van der Waals surface area (Å²) in [6.07, 6.45) is 0.753. The summed E-state index contributed by atoms with van der Waals surface area (Å²) < 4.78 is 5.66. The van der Waals surface area contributed by atoms with E-state index >= 15 is 0 Å². The fraction of sp³-hybridized carbons (Fsp3) is 0.222. The normalized spacial score (nSPS) is 12.8. The van der Waals surface area contributed by atoms with E-state index in [4.69, 9.17) is 9.72 Å². The molecule has 0 bridgehead atoms. The molecular weight excluding hydrogens is 382 g/mol. The molecule has 1 aromatic heterocycles. The minimum atomic E-state index is -0.135. The van der Waals surface area contributed by atoms with E-state index in [9.17, 15) is 0 Å². The highest BCUT2D eigenvalue weighted by molar-refractivity contribution is 5.99. The minimum absolute atomic E-state index is 0.135. The van der Waals surface area contributed by atoms with Gasteiger partial charge in [0.15, 0.2) is 5.82 Å². The molecule has 4 aromatic rings. The molecule has 1 N–H and O–H groups in total. The SMILES string of the molecule is COc1ccccc1Cc1c2c(nc3ccccc13)N(C(C)(C)C)c1ccccc1N2. The number of rotatable bonds is 3. The van der Waals surface area contributed by atoms with E-state index in [1.165, 1.54) is 5.56 Å². The number of pyridine rings is 1. The van der Waals surface area contributed by atoms with Gasteiger partial charge in [-0.3, -0.25) is 0 Å². The molecule has 31 heavy (non-hydrogen) atoms. The predicted molar refractivity (Wildman–Crippen MR) is 129 cm³/mol. The van der Waals surface area contributed by atoms with Crippen LogP contribution in [0.5, 0.6) is 5.75 Å². The number of hydrogen-bond acceptors (Lipinski definition) is 4. The van der Waals surface area contributed by atoms with Gasteiger partial charge in [0, 0.05) is 17.3 Å². The molecule has 0 aliphatic carbocycles. The Balaban J connectivity index is 1.79. The van der Waals surface area contributed by atoms with E-state index < -0.39 is 0 Å². The largest absolute Gasteiger partial charge is 0.496 e. The number of nitrogens with zero attached hydrogens (tertiary/aromatic N) is 2. The van der Waals surface area contributed by atoms with Crippen molar-refractivity contribution in [2.75, 3.05) is 17.3 Å². The van der Waals surface area contributed by atoms with Crippen LogP contribution in [0.2, 0.25) is 0 Å². The Morgan fingerprint density at radius 3 is 2.42 bits per heavy atom. The highest BCUT2D eigenvalue weighted by atomic mass is 16.5. The van der Waals surface area contributed by atoms with Gasteiger partial charge in [-0.1, -0.05) is 48.5 Å². The minimum Gasteiger partial charge on any atom is -0.496 e. The van der Waals surface area contributed by atoms with Gasteiger partial charge in [-0.05, 0) is 56.2 Å². The number of nitrogens with one attached hydrogen (secondary N) is 1. The van der Waals surface area contributed by atoms with E-state index in [0.29, 0.717) is 0 Å². The van der Waals surface area contributed by atoms with Crippen molar-refractivity contribution in [3.05, 3.63) is 83.9 Å². The molecule has 0 unspecified atom stereocenters. The molecule has 0 saturated carbocycles. The van der Waals surface area contributed by atoms with Gasteiger partial charge < -0.3 is 15.0 Å². The predicted octanol–water partition coefficient (Wildman–Crippen LogP) is 6.83. The third kappa shape index (κ3) is 3.28. The standard InChI is InChI=1S/C27H27N3O/c1-27(2,3)30-23-15-9-8-14-22(23)28-25-20(17-18-11-5-10-16-24(18)31-4)19-12-6-7-13-21(19)29-26(25)30/h5-16,28H,17H2,1-4H3. The quantitative estimate of drug-likeness (QED) is 0.402. The molecular formula is C27H27N3O. The summed E-state index contributed by atoms with van der Waals surface area (Å²) in [6, 6.07) is 25.1. The zero-order chi connectivity index (χ0) is 21.6. The van der Waals surface area contributed by atoms with E-state index in [-0.39, 0.29) is 5.54 Å². The lowest BCUT2D eigenvalue weighted by atomic mass is 9.95. The van der Waals surface area contributed by atoms with Gasteiger partial charge in [0.1, 0.15) is 5.75 Å². The average molecular weight is 410 g/mol. The van der Waals surface area contributed by atoms with E-state index in [1.807, 2.05) is 12.1 Å². The lowest BCUT2D eigenvalue weighted by Crippen LogP contribution is -2.40. The zero-order valence-electron chi connectivity index (χ0n) is 18.4. The molecule has 5 rings (SSSR count). The van der Waals surface area contributed by atoms with E-state index in [0.717, 1.165) is 51.5 Å². The van der Waals surface area contributed by atoms with Crippen molar-refractivity contribution < 1.29 is 4.74 Å². The van der Waals surface area contributed by atoms with Crippen LogP contribution in [0.25, 0.3) is 10.9 Å². The van der Waals surface area contributed by atoms with Crippen molar-refractivity contribution in [2.24, 2.45) is 0 Å². The summed E-state index contributed by atoms with van der Waals surface area (Å²) in [5.74, 6) is 1.87. The topological polar surface area (TPSA) is 37.4 Å². The van der Waals surface area contributed by atoms with Crippen LogP contribution in [0.3, 0.4) is 0 Å². The maximum Gasteiger partial charge on any atom is 0.158 e. The van der Waals surface area contributed by atoms with Crippen LogP contribution in [0.15, 0.2) is 72.8 Å². The fourth-order valence-corrected chi connectivity index (χ4v) is 4.48. The molecule has 4 heteroatoms. The van der Waals surface area contributed by atoms with Crippen molar-refractivity contribution in [3.8, 4) is 5.75 Å². The van der Waals surface area contributed by atoms with Crippen molar-refractivity contribution in [3.63, 3.8) is 0 Å². The second kappa shape index (κ2) is 7.31. The first kappa shape index (κ1) is 19.4. The van der Waals surface area contributed by atoms with Crippen LogP contribution in [0.1, 0.15) is 31.9 Å². The molecule has 0 amide bonds. The Bertz CT molecular complexity index is 1270. The maximum absolute atomic E-state index is 5.66. The van der Waals surface area contributed by atoms with Crippen molar-refractivity contribution in [1.82, 2.24) is 4.98 Å². The number of methoxy groups -OCH3 is 1. The zero-order valence-corrected chi connectivity index (χ0v) is 18.4. The van der Waals surface area contributed by atoms with Crippen LogP contribution in [-0.2, 0) is 6.42 Å². The fourth-order valence-electron chi connectivity index (χ4n) is 4.48. The molecule has 1 aliphatic rings. The Labute approximate surface area is 183 Å². The van der Waals surface area contributed by atoms with Gasteiger partial charge in [-0.25, -0.2) is 4.98 Å². The lowest BCUT2D eigenvalue weighted by Gasteiger charge is -2.42. The number of hydrogen-bond donors (Lipinski definition) is 1. The van der Waals surface area contributed by atoms with Gasteiger partial charge in [-0.15, -0.1) is 0 Å². The third-order valence-corrected chi connectivity index (χ3v) is 5.83. The lowest BCUT2D eigenvalue weighted by molar-refractivity contribution is 0.410. The van der Waals surface area contributed by atoms with Gasteiger partial charge in [0.2, 0.25) is 0 Å². The third-order valence-electron chi connectivity index (χ3n) is 5.83. The maximum atomic E-state index is 5.66. The molecule has 2 heterocycles. The summed E-state index contributed by atoms with van der Waals surface area (Å²) in [5.41, 5.74) is 6.57. The average Bonchev–Trinajstić information content (AvgIpc) is 2.77. The van der Waals surface area contributed by atoms with Crippen LogP contribution < -0.4 is 15.0 Å². The Morgan fingerprint density at radius 1 is 0.903 bits per heavy atom. The summed E-state index contributed by atoms with van der Waals surface area (Å²) >= 11 is 0. The smallest absolute Gasteiger partial charge is 0.158 e. The Kier molecular flexibility index (Phi) is 4.58. The van der Waals surface area contributed by atoms with Crippen molar-refractivity contribution >= 4 is 33.8 Å². The Morgan fingerprint density at radius 2 is 1.61 bits per heavy atom. The summed E-state index contributed by atoms with van der Waals surface area (Å²) in [4.78, 5) is 7.49. The number of aromatic nitrogens is 1. The number of anilines is 4. The highest BCUT2D eigenvalue weighted by Gasteiger charge is 2.34. The first-order valence-electron chi connectivity index (χ1n) is 10.7. The van der Waals surface area contributed by atoms with Gasteiger partial charge in [-0.2, -0.15) is 0 Å². The Hall–Kier alpha value is -3.53. The van der Waals surface area contributed by atoms with Crippen molar-refractivity contribution in [1.29, 1.82) is 0 Å². The molecule has 1 aliphatic heterocycles. The number of ether oxygens (including phenoxy) is 1. The number of benzene rings is 3. The summed E-state index contributed by atoms with van der Waals surface area (Å²) in [7, 11) is 1.73. The molecule has 0 spiro atoms. The van der Waals surface area contributed by atoms with Gasteiger partial charge in [0.25, 0.3) is 0 Å². The number of fused-ring (bicyclic) bond motifs is 3. The van der Waals surface area contributed by atoms with Crippen molar-refractivity contribution in [2.45, 2.75) is 32.7 Å². The van der Waals surface area contributed by atoms with Gasteiger partial charge in [0.05, 0.1) is 29.7 Å². The summed E-state index contributed by atoms with van der Waals surface area (Å²) in [6.45, 7) is 6.70. The molecule has 156 valence electrons.